The molecule has 0 unspecified atom stereocenters. The lowest BCUT2D eigenvalue weighted by Crippen LogP contribution is -2.43. The molecule has 1 aliphatic rings. The molecule has 0 radical (unpaired) electrons. The molecule has 120 valence electrons. The Morgan fingerprint density at radius 2 is 2.09 bits per heavy atom. The predicted molar refractivity (Wildman–Crippen MR) is 80.9 cm³/mol. The van der Waals surface area contributed by atoms with E-state index in [1.54, 1.807) is 0 Å². The van der Waals surface area contributed by atoms with Crippen LogP contribution in [0.5, 0.6) is 0 Å². The van der Waals surface area contributed by atoms with Gasteiger partial charge in [-0.05, 0) is 43.7 Å². The van der Waals surface area contributed by atoms with E-state index < -0.39 is 5.97 Å². The average molecular weight is 306 g/mol. The predicted octanol–water partition coefficient (Wildman–Crippen LogP) is 2.11. The number of carbonyl (C=O) groups is 2. The first kappa shape index (κ1) is 16.4. The minimum Gasteiger partial charge on any atom is -0.477 e. The number of aromatic carboxylic acids is 1. The zero-order chi connectivity index (χ0) is 16.0. The van der Waals surface area contributed by atoms with Crippen molar-refractivity contribution < 1.29 is 19.4 Å². The number of hydrogen-bond donors (Lipinski definition) is 2. The van der Waals surface area contributed by atoms with Gasteiger partial charge in [-0.1, -0.05) is 12.5 Å². The number of carboxylic acid groups (broad SMARTS) is 1. The van der Waals surface area contributed by atoms with Gasteiger partial charge in [0.15, 0.2) is 0 Å². The summed E-state index contributed by atoms with van der Waals surface area (Å²) < 4.78 is 5.41. The third kappa shape index (κ3) is 4.04. The molecule has 0 aromatic carbocycles. The molecule has 0 aliphatic heterocycles. The molecular weight excluding hydrogens is 284 g/mol. The van der Waals surface area contributed by atoms with Gasteiger partial charge in [-0.25, -0.2) is 9.78 Å². The third-order valence-corrected chi connectivity index (χ3v) is 4.22. The Bertz CT molecular complexity index is 541. The van der Waals surface area contributed by atoms with E-state index in [2.05, 4.69) is 10.3 Å². The molecular formula is C16H22N2O4. The fourth-order valence-electron chi connectivity index (χ4n) is 2.66. The zero-order valence-corrected chi connectivity index (χ0v) is 12.8. The maximum atomic E-state index is 12.1. The van der Waals surface area contributed by atoms with Crippen molar-refractivity contribution in [3.63, 3.8) is 0 Å². The summed E-state index contributed by atoms with van der Waals surface area (Å²) in [6, 6.07) is 4.42. The van der Waals surface area contributed by atoms with E-state index >= 15 is 0 Å². The quantitative estimate of drug-likeness (QED) is 0.718. The average Bonchev–Trinajstić information content (AvgIpc) is 2.49. The van der Waals surface area contributed by atoms with Crippen molar-refractivity contribution in [1.29, 1.82) is 0 Å². The van der Waals surface area contributed by atoms with E-state index in [0.29, 0.717) is 19.8 Å². The second kappa shape index (κ2) is 7.35. The van der Waals surface area contributed by atoms with Crippen molar-refractivity contribution in [2.45, 2.75) is 32.6 Å². The van der Waals surface area contributed by atoms with Gasteiger partial charge in [0, 0.05) is 19.8 Å². The summed E-state index contributed by atoms with van der Waals surface area (Å²) in [5, 5.41) is 11.8. The van der Waals surface area contributed by atoms with Crippen LogP contribution in [0.4, 0.5) is 0 Å². The normalized spacial score (nSPS) is 15.9. The van der Waals surface area contributed by atoms with Gasteiger partial charge in [-0.3, -0.25) is 4.79 Å². The number of amides is 1. The highest BCUT2D eigenvalue weighted by molar-refractivity contribution is 5.94. The summed E-state index contributed by atoms with van der Waals surface area (Å²) >= 11 is 0. The molecule has 1 aliphatic carbocycles. The first-order valence-electron chi connectivity index (χ1n) is 7.63. The van der Waals surface area contributed by atoms with Crippen LogP contribution in [0.25, 0.3) is 0 Å². The fourth-order valence-corrected chi connectivity index (χ4v) is 2.66. The lowest BCUT2D eigenvalue weighted by Gasteiger charge is -2.42. The van der Waals surface area contributed by atoms with Gasteiger partial charge >= 0.3 is 5.97 Å². The second-order valence-electron chi connectivity index (χ2n) is 5.70. The molecule has 0 spiro atoms. The number of carboxylic acids is 1. The molecule has 1 amide bonds. The molecule has 6 heteroatoms. The smallest absolute Gasteiger partial charge is 0.354 e. The van der Waals surface area contributed by atoms with Crippen molar-refractivity contribution in [1.82, 2.24) is 10.3 Å². The van der Waals surface area contributed by atoms with Gasteiger partial charge in [0.05, 0.1) is 0 Å². The number of carbonyl (C=O) groups excluding carboxylic acids is 1. The Labute approximate surface area is 129 Å². The SMILES string of the molecule is CCOCCC1(CNC(=O)c2cccc(C(=O)O)n2)CCC1. The minimum atomic E-state index is -1.14. The van der Waals surface area contributed by atoms with E-state index in [0.717, 1.165) is 19.3 Å². The molecule has 0 saturated heterocycles. The van der Waals surface area contributed by atoms with Crippen molar-refractivity contribution in [2.24, 2.45) is 5.41 Å². The number of hydrogen-bond acceptors (Lipinski definition) is 4. The molecule has 2 N–H and O–H groups in total. The molecule has 0 bridgehead atoms. The van der Waals surface area contributed by atoms with E-state index in [9.17, 15) is 9.59 Å². The Balaban J connectivity index is 1.91. The van der Waals surface area contributed by atoms with E-state index in [-0.39, 0.29) is 22.7 Å². The summed E-state index contributed by atoms with van der Waals surface area (Å²) in [5.41, 5.74) is 0.136. The lowest BCUT2D eigenvalue weighted by atomic mass is 9.66. The molecule has 1 aromatic rings. The largest absolute Gasteiger partial charge is 0.477 e. The number of nitrogens with zero attached hydrogens (tertiary/aromatic N) is 1. The molecule has 1 saturated carbocycles. The highest BCUT2D eigenvalue weighted by atomic mass is 16.5. The second-order valence-corrected chi connectivity index (χ2v) is 5.70. The van der Waals surface area contributed by atoms with E-state index in [1.807, 2.05) is 6.92 Å². The number of nitrogens with one attached hydrogen (secondary N) is 1. The van der Waals surface area contributed by atoms with Crippen LogP contribution in [0, 0.1) is 5.41 Å². The fraction of sp³-hybridized carbons (Fsp3) is 0.562. The molecule has 1 aromatic heterocycles. The highest BCUT2D eigenvalue weighted by Gasteiger charge is 2.36. The topological polar surface area (TPSA) is 88.5 Å². The van der Waals surface area contributed by atoms with Crippen LogP contribution in [0.3, 0.4) is 0 Å². The van der Waals surface area contributed by atoms with Gasteiger partial charge in [0.25, 0.3) is 5.91 Å². The summed E-state index contributed by atoms with van der Waals surface area (Å²) in [4.78, 5) is 26.9. The first-order valence-corrected chi connectivity index (χ1v) is 7.63. The number of ether oxygens (including phenoxy) is 1. The van der Waals surface area contributed by atoms with Crippen LogP contribution in [0.1, 0.15) is 53.6 Å². The molecule has 1 fully saturated rings. The van der Waals surface area contributed by atoms with Crippen molar-refractivity contribution in [3.05, 3.63) is 29.6 Å². The zero-order valence-electron chi connectivity index (χ0n) is 12.8. The summed E-state index contributed by atoms with van der Waals surface area (Å²) in [7, 11) is 0. The minimum absolute atomic E-state index is 0.120. The molecule has 0 atom stereocenters. The Morgan fingerprint density at radius 3 is 2.68 bits per heavy atom. The Kier molecular flexibility index (Phi) is 5.49. The molecule has 22 heavy (non-hydrogen) atoms. The maximum Gasteiger partial charge on any atom is 0.354 e. The summed E-state index contributed by atoms with van der Waals surface area (Å²) in [6.07, 6.45) is 4.28. The monoisotopic (exact) mass is 306 g/mol. The van der Waals surface area contributed by atoms with Crippen molar-refractivity contribution >= 4 is 11.9 Å². The van der Waals surface area contributed by atoms with Crippen molar-refractivity contribution in [3.8, 4) is 0 Å². The van der Waals surface area contributed by atoms with Crippen molar-refractivity contribution in [2.75, 3.05) is 19.8 Å². The van der Waals surface area contributed by atoms with Gasteiger partial charge in [0.2, 0.25) is 0 Å². The highest BCUT2D eigenvalue weighted by Crippen LogP contribution is 2.43. The molecule has 2 rings (SSSR count). The third-order valence-electron chi connectivity index (χ3n) is 4.22. The van der Waals surface area contributed by atoms with Gasteiger partial charge in [0.1, 0.15) is 11.4 Å². The Morgan fingerprint density at radius 1 is 1.36 bits per heavy atom. The van der Waals surface area contributed by atoms with E-state index in [1.165, 1.54) is 24.6 Å². The number of aromatic nitrogens is 1. The molecule has 1 heterocycles. The van der Waals surface area contributed by atoms with E-state index in [4.69, 9.17) is 9.84 Å². The molecule has 6 nitrogen and oxygen atoms in total. The van der Waals surface area contributed by atoms with Crippen LogP contribution >= 0.6 is 0 Å². The van der Waals surface area contributed by atoms with Crippen LogP contribution in [-0.4, -0.2) is 41.7 Å². The maximum absolute atomic E-state index is 12.1. The van der Waals surface area contributed by atoms with Gasteiger partial charge in [-0.2, -0.15) is 0 Å². The van der Waals surface area contributed by atoms with Crippen LogP contribution in [0.2, 0.25) is 0 Å². The first-order chi connectivity index (χ1) is 10.6. The number of rotatable bonds is 8. The lowest BCUT2D eigenvalue weighted by molar-refractivity contribution is 0.0512. The van der Waals surface area contributed by atoms with Crippen LogP contribution in [-0.2, 0) is 4.74 Å². The standard InChI is InChI=1S/C16H22N2O4/c1-2-22-10-9-16(7-4-8-16)11-17-14(19)12-5-3-6-13(18-12)15(20)21/h3,5-6H,2,4,7-11H2,1H3,(H,17,19)(H,20,21). The number of pyridine rings is 1. The Hall–Kier alpha value is -1.95. The van der Waals surface area contributed by atoms with Gasteiger partial charge in [-0.15, -0.1) is 0 Å². The van der Waals surface area contributed by atoms with Crippen LogP contribution < -0.4 is 5.32 Å². The van der Waals surface area contributed by atoms with Gasteiger partial charge < -0.3 is 15.2 Å². The summed E-state index contributed by atoms with van der Waals surface area (Å²) in [5.74, 6) is -1.47. The summed E-state index contributed by atoms with van der Waals surface area (Å²) in [6.45, 7) is 3.96. The van der Waals surface area contributed by atoms with Crippen LogP contribution in [0.15, 0.2) is 18.2 Å².